The molecule has 0 amide bonds. The van der Waals surface area contributed by atoms with Crippen molar-refractivity contribution in [2.45, 2.75) is 13.5 Å². The summed E-state index contributed by atoms with van der Waals surface area (Å²) in [6.07, 6.45) is 3.23. The van der Waals surface area contributed by atoms with Crippen LogP contribution in [0.15, 0.2) is 62.6 Å². The van der Waals surface area contributed by atoms with Gasteiger partial charge in [-0.3, -0.25) is 9.51 Å². The quantitative estimate of drug-likeness (QED) is 0.564. The van der Waals surface area contributed by atoms with E-state index in [4.69, 9.17) is 9.05 Å². The average molecular weight is 335 g/mol. The van der Waals surface area contributed by atoms with Crippen molar-refractivity contribution in [2.75, 3.05) is 0 Å². The Labute approximate surface area is 141 Å². The van der Waals surface area contributed by atoms with Crippen molar-refractivity contribution >= 4 is 0 Å². The second-order valence-corrected chi connectivity index (χ2v) is 5.42. The van der Waals surface area contributed by atoms with E-state index >= 15 is 0 Å². The molecule has 0 fully saturated rings. The first-order valence-corrected chi connectivity index (χ1v) is 7.58. The van der Waals surface area contributed by atoms with Crippen LogP contribution in [0.1, 0.15) is 11.4 Å². The molecule has 1 aromatic carbocycles. The third kappa shape index (κ3) is 2.85. The summed E-state index contributed by atoms with van der Waals surface area (Å²) in [5.41, 5.74) is 2.59. The molecular weight excluding hydrogens is 322 g/mol. The summed E-state index contributed by atoms with van der Waals surface area (Å²) in [5, 5.41) is 7.78. The third-order valence-corrected chi connectivity index (χ3v) is 3.77. The van der Waals surface area contributed by atoms with Gasteiger partial charge in [0.25, 0.3) is 5.89 Å². The van der Waals surface area contributed by atoms with Crippen LogP contribution in [0, 0.1) is 6.92 Å². The van der Waals surface area contributed by atoms with Crippen LogP contribution in [0.25, 0.3) is 22.8 Å². The number of aromatic nitrogens is 5. The number of rotatable bonds is 4. The molecule has 0 spiro atoms. The molecule has 0 unspecified atom stereocenters. The Morgan fingerprint density at radius 3 is 2.64 bits per heavy atom. The molecule has 0 radical (unpaired) electrons. The number of hydrogen-bond acceptors (Lipinski definition) is 7. The molecular formula is C17H13N5O3. The summed E-state index contributed by atoms with van der Waals surface area (Å²) in [4.78, 5) is 20.3. The summed E-state index contributed by atoms with van der Waals surface area (Å²) in [5.74, 6) is 0.561. The molecule has 0 aliphatic heterocycles. The van der Waals surface area contributed by atoms with Gasteiger partial charge < -0.3 is 4.52 Å². The number of nitrogens with zero attached hydrogens (tertiary/aromatic N) is 5. The van der Waals surface area contributed by atoms with Gasteiger partial charge in [0.05, 0.1) is 6.54 Å². The summed E-state index contributed by atoms with van der Waals surface area (Å²) >= 11 is 0. The highest BCUT2D eigenvalue weighted by Gasteiger charge is 2.17. The monoisotopic (exact) mass is 335 g/mol. The lowest BCUT2D eigenvalue weighted by Crippen LogP contribution is -2.17. The molecule has 25 heavy (non-hydrogen) atoms. The molecule has 3 aromatic heterocycles. The molecule has 8 heteroatoms. The van der Waals surface area contributed by atoms with Crippen LogP contribution in [0.2, 0.25) is 0 Å². The van der Waals surface area contributed by atoms with Gasteiger partial charge in [-0.1, -0.05) is 28.5 Å². The number of hydrogen-bond donors (Lipinski definition) is 0. The Balaban J connectivity index is 1.68. The van der Waals surface area contributed by atoms with Gasteiger partial charge in [0.1, 0.15) is 0 Å². The molecule has 0 saturated heterocycles. The van der Waals surface area contributed by atoms with E-state index in [1.807, 2.05) is 31.2 Å². The number of aryl methyl sites for hydroxylation is 1. The fourth-order valence-electron chi connectivity index (χ4n) is 2.50. The molecule has 4 aromatic rings. The highest BCUT2D eigenvalue weighted by atomic mass is 16.5. The highest BCUT2D eigenvalue weighted by Crippen LogP contribution is 2.21. The van der Waals surface area contributed by atoms with Crippen LogP contribution in [0.4, 0.5) is 0 Å². The van der Waals surface area contributed by atoms with Crippen molar-refractivity contribution in [2.24, 2.45) is 0 Å². The maximum absolute atomic E-state index is 12.0. The molecule has 0 aliphatic carbocycles. The SMILES string of the molecule is Cc1ccccc1-c1nc(Cn2c(-c3ccncc3)noc2=O)no1. The zero-order chi connectivity index (χ0) is 17.2. The Bertz CT molecular complexity index is 1070. The van der Waals surface area contributed by atoms with E-state index in [1.54, 1.807) is 24.5 Å². The first-order valence-electron chi connectivity index (χ1n) is 7.58. The maximum atomic E-state index is 12.0. The van der Waals surface area contributed by atoms with Crippen LogP contribution in [-0.2, 0) is 6.54 Å². The largest absolute Gasteiger partial charge is 0.442 e. The summed E-state index contributed by atoms with van der Waals surface area (Å²) < 4.78 is 11.5. The summed E-state index contributed by atoms with van der Waals surface area (Å²) in [6.45, 7) is 2.06. The van der Waals surface area contributed by atoms with Crippen LogP contribution >= 0.6 is 0 Å². The van der Waals surface area contributed by atoms with Crippen LogP contribution in [-0.4, -0.2) is 24.8 Å². The van der Waals surface area contributed by atoms with Crippen molar-refractivity contribution in [3.63, 3.8) is 0 Å². The van der Waals surface area contributed by atoms with Crippen molar-refractivity contribution in [3.8, 4) is 22.8 Å². The molecule has 124 valence electrons. The topological polar surface area (TPSA) is 99.8 Å². The Morgan fingerprint density at radius 2 is 1.84 bits per heavy atom. The minimum Gasteiger partial charge on any atom is -0.334 e. The van der Waals surface area contributed by atoms with Crippen molar-refractivity contribution < 1.29 is 9.05 Å². The molecule has 0 atom stereocenters. The lowest BCUT2D eigenvalue weighted by Gasteiger charge is -2.01. The molecule has 0 aliphatic rings. The number of pyridine rings is 1. The fraction of sp³-hybridized carbons (Fsp3) is 0.118. The van der Waals surface area contributed by atoms with Gasteiger partial charge in [-0.05, 0) is 30.7 Å². The molecule has 0 saturated carbocycles. The summed E-state index contributed by atoms with van der Waals surface area (Å²) in [7, 11) is 0. The maximum Gasteiger partial charge on any atom is 0.442 e. The van der Waals surface area contributed by atoms with Crippen molar-refractivity contribution in [3.05, 3.63) is 70.7 Å². The second-order valence-electron chi connectivity index (χ2n) is 5.42. The zero-order valence-corrected chi connectivity index (χ0v) is 13.3. The first-order chi connectivity index (χ1) is 12.2. The lowest BCUT2D eigenvalue weighted by molar-refractivity contribution is 0.376. The van der Waals surface area contributed by atoms with Crippen LogP contribution in [0.5, 0.6) is 0 Å². The van der Waals surface area contributed by atoms with Gasteiger partial charge in [0.2, 0.25) is 0 Å². The Morgan fingerprint density at radius 1 is 1.04 bits per heavy atom. The summed E-state index contributed by atoms with van der Waals surface area (Å²) in [6, 6.07) is 11.2. The van der Waals surface area contributed by atoms with E-state index in [0.717, 1.165) is 11.1 Å². The first kappa shape index (κ1) is 15.0. The molecule has 8 nitrogen and oxygen atoms in total. The normalized spacial score (nSPS) is 10.9. The van der Waals surface area contributed by atoms with E-state index in [2.05, 4.69) is 20.3 Å². The standard InChI is InChI=1S/C17H13N5O3/c1-11-4-2-3-5-13(11)16-19-14(20-24-16)10-22-15(21-25-17(22)23)12-6-8-18-9-7-12/h2-9H,10H2,1H3. The van der Waals surface area contributed by atoms with E-state index in [1.165, 1.54) is 4.57 Å². The zero-order valence-electron chi connectivity index (χ0n) is 13.3. The minimum absolute atomic E-state index is 0.0926. The van der Waals surface area contributed by atoms with Gasteiger partial charge in [0.15, 0.2) is 11.6 Å². The molecule has 0 N–H and O–H groups in total. The molecule has 4 rings (SSSR count). The predicted octanol–water partition coefficient (Wildman–Crippen LogP) is 2.31. The minimum atomic E-state index is -0.589. The second kappa shape index (κ2) is 6.16. The van der Waals surface area contributed by atoms with E-state index in [9.17, 15) is 4.79 Å². The van der Waals surface area contributed by atoms with Gasteiger partial charge in [-0.2, -0.15) is 4.98 Å². The van der Waals surface area contributed by atoms with Gasteiger partial charge in [0, 0.05) is 23.5 Å². The lowest BCUT2D eigenvalue weighted by atomic mass is 10.1. The van der Waals surface area contributed by atoms with E-state index < -0.39 is 5.76 Å². The highest BCUT2D eigenvalue weighted by molar-refractivity contribution is 5.57. The smallest absolute Gasteiger partial charge is 0.334 e. The van der Waals surface area contributed by atoms with Crippen LogP contribution in [0.3, 0.4) is 0 Å². The predicted molar refractivity (Wildman–Crippen MR) is 87.6 cm³/mol. The van der Waals surface area contributed by atoms with Gasteiger partial charge in [-0.15, -0.1) is 0 Å². The average Bonchev–Trinajstić information content (AvgIpc) is 3.24. The molecule has 0 bridgehead atoms. The Hall–Kier alpha value is -3.55. The van der Waals surface area contributed by atoms with Crippen molar-refractivity contribution in [1.29, 1.82) is 0 Å². The van der Waals surface area contributed by atoms with Crippen LogP contribution < -0.4 is 5.76 Å². The Kier molecular flexibility index (Phi) is 3.70. The van der Waals surface area contributed by atoms with Gasteiger partial charge in [-0.25, -0.2) is 9.36 Å². The third-order valence-electron chi connectivity index (χ3n) is 3.77. The van der Waals surface area contributed by atoms with Gasteiger partial charge >= 0.3 is 5.76 Å². The van der Waals surface area contributed by atoms with E-state index in [-0.39, 0.29) is 6.54 Å². The number of benzene rings is 1. The van der Waals surface area contributed by atoms with Crippen molar-refractivity contribution in [1.82, 2.24) is 24.8 Å². The van der Waals surface area contributed by atoms with E-state index in [0.29, 0.717) is 23.1 Å². The fourth-order valence-corrected chi connectivity index (χ4v) is 2.50. The molecule has 3 heterocycles.